The second-order valence-electron chi connectivity index (χ2n) is 7.49. The molecule has 144 valence electrons. The van der Waals surface area contributed by atoms with E-state index in [1.54, 1.807) is 0 Å². The van der Waals surface area contributed by atoms with Crippen molar-refractivity contribution in [2.75, 3.05) is 31.1 Å². The third kappa shape index (κ3) is 5.05. The molecule has 1 aromatic carbocycles. The number of amides is 1. The van der Waals surface area contributed by atoms with Crippen molar-refractivity contribution in [3.8, 4) is 0 Å². The molecule has 2 fully saturated rings. The highest BCUT2D eigenvalue weighted by molar-refractivity contribution is 7.91. The summed E-state index contributed by atoms with van der Waals surface area (Å²) in [7, 11) is -2.87. The fourth-order valence-corrected chi connectivity index (χ4v) is 5.19. The fourth-order valence-electron chi connectivity index (χ4n) is 3.91. The van der Waals surface area contributed by atoms with Gasteiger partial charge in [-0.05, 0) is 43.0 Å². The standard InChI is InChI=1S/C19H29N3O3S/c20-13-17-5-1-2-7-18(17)21-19(23)16-6-3-4-15(12-16)14-22-8-10-26(24,25)11-9-22/h3-4,6,12,17-18H,1-2,5,7-11,13-14,20H2,(H,21,23). The molecule has 2 unspecified atom stereocenters. The summed E-state index contributed by atoms with van der Waals surface area (Å²) in [6, 6.07) is 7.80. The van der Waals surface area contributed by atoms with Gasteiger partial charge in [0, 0.05) is 31.2 Å². The first-order valence-electron chi connectivity index (χ1n) is 9.49. The van der Waals surface area contributed by atoms with Crippen LogP contribution in [0.5, 0.6) is 0 Å². The number of hydrogen-bond donors (Lipinski definition) is 2. The zero-order chi connectivity index (χ0) is 18.6. The molecule has 1 heterocycles. The van der Waals surface area contributed by atoms with Crippen molar-refractivity contribution in [3.05, 3.63) is 35.4 Å². The van der Waals surface area contributed by atoms with E-state index in [9.17, 15) is 13.2 Å². The highest BCUT2D eigenvalue weighted by Crippen LogP contribution is 2.24. The van der Waals surface area contributed by atoms with Crippen molar-refractivity contribution >= 4 is 15.7 Å². The van der Waals surface area contributed by atoms with Crippen molar-refractivity contribution in [1.82, 2.24) is 10.2 Å². The van der Waals surface area contributed by atoms with Gasteiger partial charge in [-0.2, -0.15) is 0 Å². The fraction of sp³-hybridized carbons (Fsp3) is 0.632. The summed E-state index contributed by atoms with van der Waals surface area (Å²) >= 11 is 0. The number of carbonyl (C=O) groups is 1. The summed E-state index contributed by atoms with van der Waals surface area (Å²) in [5.41, 5.74) is 7.55. The lowest BCUT2D eigenvalue weighted by Crippen LogP contribution is -2.44. The Balaban J connectivity index is 1.60. The van der Waals surface area contributed by atoms with Gasteiger partial charge in [-0.3, -0.25) is 9.69 Å². The van der Waals surface area contributed by atoms with E-state index in [0.717, 1.165) is 24.8 Å². The molecule has 26 heavy (non-hydrogen) atoms. The Morgan fingerprint density at radius 3 is 2.65 bits per heavy atom. The Kier molecular flexibility index (Phi) is 6.32. The van der Waals surface area contributed by atoms with E-state index < -0.39 is 9.84 Å². The summed E-state index contributed by atoms with van der Waals surface area (Å²) in [5.74, 6) is 0.759. The monoisotopic (exact) mass is 379 g/mol. The molecule has 0 radical (unpaired) electrons. The highest BCUT2D eigenvalue weighted by atomic mass is 32.2. The lowest BCUT2D eigenvalue weighted by Gasteiger charge is -2.31. The Morgan fingerprint density at radius 2 is 1.92 bits per heavy atom. The van der Waals surface area contributed by atoms with Crippen LogP contribution in [-0.2, 0) is 16.4 Å². The van der Waals surface area contributed by atoms with Crippen LogP contribution in [0.25, 0.3) is 0 Å². The van der Waals surface area contributed by atoms with Gasteiger partial charge in [0.1, 0.15) is 0 Å². The Labute approximate surface area is 156 Å². The zero-order valence-electron chi connectivity index (χ0n) is 15.2. The van der Waals surface area contributed by atoms with Crippen molar-refractivity contribution in [2.24, 2.45) is 11.7 Å². The first-order valence-corrected chi connectivity index (χ1v) is 11.3. The van der Waals surface area contributed by atoms with Crippen LogP contribution in [0.4, 0.5) is 0 Å². The number of sulfone groups is 1. The Morgan fingerprint density at radius 1 is 1.19 bits per heavy atom. The number of hydrogen-bond acceptors (Lipinski definition) is 5. The van der Waals surface area contributed by atoms with Crippen LogP contribution in [-0.4, -0.2) is 56.4 Å². The van der Waals surface area contributed by atoms with E-state index in [1.807, 2.05) is 24.3 Å². The maximum absolute atomic E-state index is 12.7. The molecule has 7 heteroatoms. The molecule has 6 nitrogen and oxygen atoms in total. The summed E-state index contributed by atoms with van der Waals surface area (Å²) in [6.45, 7) is 2.40. The van der Waals surface area contributed by atoms with Crippen molar-refractivity contribution < 1.29 is 13.2 Å². The van der Waals surface area contributed by atoms with Crippen LogP contribution in [0.2, 0.25) is 0 Å². The summed E-state index contributed by atoms with van der Waals surface area (Å²) in [5, 5.41) is 3.17. The summed E-state index contributed by atoms with van der Waals surface area (Å²) in [4.78, 5) is 14.8. The number of benzene rings is 1. The van der Waals surface area contributed by atoms with Gasteiger partial charge in [0.2, 0.25) is 0 Å². The van der Waals surface area contributed by atoms with Crippen LogP contribution in [0, 0.1) is 5.92 Å². The molecule has 0 bridgehead atoms. The number of nitrogens with one attached hydrogen (secondary N) is 1. The molecule has 1 amide bonds. The molecule has 1 aliphatic carbocycles. The molecular weight excluding hydrogens is 350 g/mol. The number of rotatable bonds is 5. The van der Waals surface area contributed by atoms with E-state index in [2.05, 4.69) is 10.2 Å². The van der Waals surface area contributed by atoms with Gasteiger partial charge in [-0.15, -0.1) is 0 Å². The Hall–Kier alpha value is -1.44. The third-order valence-electron chi connectivity index (χ3n) is 5.56. The van der Waals surface area contributed by atoms with E-state index in [0.29, 0.717) is 37.7 Å². The van der Waals surface area contributed by atoms with Crippen LogP contribution in [0.3, 0.4) is 0 Å². The van der Waals surface area contributed by atoms with Gasteiger partial charge >= 0.3 is 0 Å². The van der Waals surface area contributed by atoms with Crippen molar-refractivity contribution in [1.29, 1.82) is 0 Å². The number of nitrogens with two attached hydrogens (primary N) is 1. The van der Waals surface area contributed by atoms with E-state index in [-0.39, 0.29) is 23.5 Å². The highest BCUT2D eigenvalue weighted by Gasteiger charge is 2.26. The molecule has 0 spiro atoms. The molecule has 1 aliphatic heterocycles. The minimum Gasteiger partial charge on any atom is -0.349 e. The minimum absolute atomic E-state index is 0.0431. The van der Waals surface area contributed by atoms with Crippen LogP contribution >= 0.6 is 0 Å². The second-order valence-corrected chi connectivity index (χ2v) is 9.79. The summed E-state index contributed by atoms with van der Waals surface area (Å²) in [6.07, 6.45) is 4.41. The van der Waals surface area contributed by atoms with E-state index in [1.165, 1.54) is 6.42 Å². The van der Waals surface area contributed by atoms with Gasteiger partial charge in [0.15, 0.2) is 9.84 Å². The maximum Gasteiger partial charge on any atom is 0.251 e. The van der Waals surface area contributed by atoms with Crippen molar-refractivity contribution in [2.45, 2.75) is 38.3 Å². The summed E-state index contributed by atoms with van der Waals surface area (Å²) < 4.78 is 23.1. The molecule has 2 atom stereocenters. The predicted octanol–water partition coefficient (Wildman–Crippen LogP) is 1.16. The van der Waals surface area contributed by atoms with Gasteiger partial charge in [0.05, 0.1) is 11.5 Å². The van der Waals surface area contributed by atoms with Gasteiger partial charge in [-0.1, -0.05) is 25.0 Å². The SMILES string of the molecule is NCC1CCCCC1NC(=O)c1cccc(CN2CCS(=O)(=O)CC2)c1. The predicted molar refractivity (Wildman–Crippen MR) is 103 cm³/mol. The average Bonchev–Trinajstić information content (AvgIpc) is 2.64. The van der Waals surface area contributed by atoms with Gasteiger partial charge < -0.3 is 11.1 Å². The largest absolute Gasteiger partial charge is 0.349 e. The zero-order valence-corrected chi connectivity index (χ0v) is 16.0. The maximum atomic E-state index is 12.7. The molecule has 3 rings (SSSR count). The number of carbonyl (C=O) groups excluding carboxylic acids is 1. The third-order valence-corrected chi connectivity index (χ3v) is 7.17. The smallest absolute Gasteiger partial charge is 0.251 e. The van der Waals surface area contributed by atoms with Gasteiger partial charge in [-0.25, -0.2) is 8.42 Å². The van der Waals surface area contributed by atoms with Crippen LogP contribution in [0.15, 0.2) is 24.3 Å². The molecule has 0 aromatic heterocycles. The van der Waals surface area contributed by atoms with Gasteiger partial charge in [0.25, 0.3) is 5.91 Å². The number of nitrogens with zero attached hydrogens (tertiary/aromatic N) is 1. The molecular formula is C19H29N3O3S. The molecule has 1 saturated heterocycles. The quantitative estimate of drug-likeness (QED) is 0.801. The lowest BCUT2D eigenvalue weighted by molar-refractivity contribution is 0.0908. The van der Waals surface area contributed by atoms with Crippen molar-refractivity contribution in [3.63, 3.8) is 0 Å². The minimum atomic E-state index is -2.87. The van der Waals surface area contributed by atoms with Crippen LogP contribution < -0.4 is 11.1 Å². The van der Waals surface area contributed by atoms with E-state index in [4.69, 9.17) is 5.73 Å². The normalized spacial score (nSPS) is 26.3. The first kappa shape index (κ1) is 19.3. The average molecular weight is 380 g/mol. The lowest BCUT2D eigenvalue weighted by atomic mass is 9.84. The topological polar surface area (TPSA) is 92.5 Å². The van der Waals surface area contributed by atoms with E-state index >= 15 is 0 Å². The molecule has 2 aliphatic rings. The van der Waals surface area contributed by atoms with Crippen LogP contribution in [0.1, 0.15) is 41.6 Å². The molecule has 3 N–H and O–H groups in total. The Bertz CT molecular complexity index is 721. The second kappa shape index (κ2) is 8.50. The first-order chi connectivity index (χ1) is 12.5. The molecule has 1 saturated carbocycles. The molecule has 1 aromatic rings.